The zero-order chi connectivity index (χ0) is 14.0. The number of carbonyl (C=O) groups is 3. The second kappa shape index (κ2) is 5.59. The van der Waals surface area contributed by atoms with E-state index in [0.29, 0.717) is 0 Å². The van der Waals surface area contributed by atoms with E-state index < -0.39 is 0 Å². The standard InChI is InChI=1S/C13H21N3O3/c1-3-10-6-4-5-7-15(10)12(18)9-16-11(17)8-14(2)13(16)19/h10H,3-9H2,1-2H3. The maximum atomic E-state index is 12.3. The van der Waals surface area contributed by atoms with E-state index in [1.165, 1.54) is 4.90 Å². The minimum absolute atomic E-state index is 0.0727. The van der Waals surface area contributed by atoms with E-state index in [0.717, 1.165) is 37.1 Å². The predicted molar refractivity (Wildman–Crippen MR) is 69.4 cm³/mol. The summed E-state index contributed by atoms with van der Waals surface area (Å²) in [4.78, 5) is 39.9. The Bertz CT molecular complexity index is 397. The Hall–Kier alpha value is -1.59. The molecule has 2 saturated heterocycles. The fourth-order valence-electron chi connectivity index (χ4n) is 2.80. The first-order valence-electron chi connectivity index (χ1n) is 6.89. The second-order valence-electron chi connectivity index (χ2n) is 5.26. The molecule has 2 aliphatic rings. The van der Waals surface area contributed by atoms with Gasteiger partial charge in [-0.1, -0.05) is 6.92 Å². The molecule has 0 bridgehead atoms. The summed E-state index contributed by atoms with van der Waals surface area (Å²) < 4.78 is 0. The van der Waals surface area contributed by atoms with Crippen LogP contribution in [0.2, 0.25) is 0 Å². The Morgan fingerprint density at radius 3 is 2.63 bits per heavy atom. The van der Waals surface area contributed by atoms with Gasteiger partial charge in [0.2, 0.25) is 5.91 Å². The van der Waals surface area contributed by atoms with Gasteiger partial charge in [-0.25, -0.2) is 4.79 Å². The maximum Gasteiger partial charge on any atom is 0.327 e. The molecule has 0 aromatic heterocycles. The van der Waals surface area contributed by atoms with Crippen LogP contribution in [0.5, 0.6) is 0 Å². The molecular formula is C13H21N3O3. The SMILES string of the molecule is CCC1CCCCN1C(=O)CN1C(=O)CN(C)C1=O. The Labute approximate surface area is 113 Å². The van der Waals surface area contributed by atoms with E-state index in [2.05, 4.69) is 6.92 Å². The number of likely N-dealkylation sites (tertiary alicyclic amines) is 1. The summed E-state index contributed by atoms with van der Waals surface area (Å²) in [7, 11) is 1.57. The van der Waals surface area contributed by atoms with Crippen molar-refractivity contribution in [3.05, 3.63) is 0 Å². The highest BCUT2D eigenvalue weighted by molar-refractivity contribution is 6.04. The Kier molecular flexibility index (Phi) is 4.07. The molecule has 4 amide bonds. The van der Waals surface area contributed by atoms with E-state index in [9.17, 15) is 14.4 Å². The Morgan fingerprint density at radius 2 is 2.05 bits per heavy atom. The van der Waals surface area contributed by atoms with Crippen molar-refractivity contribution in [3.63, 3.8) is 0 Å². The number of piperidine rings is 1. The Balaban J connectivity index is 2.00. The summed E-state index contributed by atoms with van der Waals surface area (Å²) in [5, 5.41) is 0. The average Bonchev–Trinajstić information content (AvgIpc) is 2.65. The van der Waals surface area contributed by atoms with Crippen LogP contribution in [0.1, 0.15) is 32.6 Å². The van der Waals surface area contributed by atoms with Gasteiger partial charge in [-0.3, -0.25) is 14.5 Å². The normalized spacial score (nSPS) is 24.3. The molecule has 6 nitrogen and oxygen atoms in total. The first-order valence-corrected chi connectivity index (χ1v) is 6.89. The number of likely N-dealkylation sites (N-methyl/N-ethyl adjacent to an activating group) is 1. The summed E-state index contributed by atoms with van der Waals surface area (Å²) in [6.07, 6.45) is 4.09. The summed E-state index contributed by atoms with van der Waals surface area (Å²) in [6, 6.07) is -0.116. The zero-order valence-corrected chi connectivity index (χ0v) is 11.6. The quantitative estimate of drug-likeness (QED) is 0.706. The van der Waals surface area contributed by atoms with Crippen molar-refractivity contribution in [2.24, 2.45) is 0 Å². The van der Waals surface area contributed by atoms with Gasteiger partial charge in [0.05, 0.1) is 0 Å². The van der Waals surface area contributed by atoms with Crippen LogP contribution in [0.25, 0.3) is 0 Å². The second-order valence-corrected chi connectivity index (χ2v) is 5.26. The molecule has 0 aromatic carbocycles. The fraction of sp³-hybridized carbons (Fsp3) is 0.769. The first kappa shape index (κ1) is 13.8. The van der Waals surface area contributed by atoms with Gasteiger partial charge in [-0.2, -0.15) is 0 Å². The van der Waals surface area contributed by atoms with Gasteiger partial charge in [0.1, 0.15) is 13.1 Å². The van der Waals surface area contributed by atoms with Gasteiger partial charge < -0.3 is 9.80 Å². The summed E-state index contributed by atoms with van der Waals surface area (Å²) >= 11 is 0. The molecule has 1 unspecified atom stereocenters. The van der Waals surface area contributed by atoms with Crippen molar-refractivity contribution in [1.82, 2.24) is 14.7 Å². The largest absolute Gasteiger partial charge is 0.338 e. The lowest BCUT2D eigenvalue weighted by Gasteiger charge is -2.36. The van der Waals surface area contributed by atoms with Gasteiger partial charge in [-0.15, -0.1) is 0 Å². The number of hydrogen-bond acceptors (Lipinski definition) is 3. The van der Waals surface area contributed by atoms with E-state index in [4.69, 9.17) is 0 Å². The fourth-order valence-corrected chi connectivity index (χ4v) is 2.80. The van der Waals surface area contributed by atoms with E-state index in [1.54, 1.807) is 7.05 Å². The zero-order valence-electron chi connectivity index (χ0n) is 11.6. The van der Waals surface area contributed by atoms with Crippen LogP contribution in [0.3, 0.4) is 0 Å². The summed E-state index contributed by atoms with van der Waals surface area (Å²) in [6.45, 7) is 2.77. The number of carbonyl (C=O) groups excluding carboxylic acids is 3. The highest BCUT2D eigenvalue weighted by Crippen LogP contribution is 2.20. The van der Waals surface area contributed by atoms with Crippen molar-refractivity contribution in [3.8, 4) is 0 Å². The molecule has 0 saturated carbocycles. The van der Waals surface area contributed by atoms with Crippen LogP contribution in [0.4, 0.5) is 4.79 Å². The van der Waals surface area contributed by atoms with E-state index in [1.807, 2.05) is 4.90 Å². The molecule has 1 atom stereocenters. The third kappa shape index (κ3) is 2.72. The number of imide groups is 1. The van der Waals surface area contributed by atoms with Crippen LogP contribution in [-0.4, -0.2) is 65.3 Å². The van der Waals surface area contributed by atoms with Gasteiger partial charge in [0.15, 0.2) is 0 Å². The lowest BCUT2D eigenvalue weighted by molar-refractivity contribution is -0.139. The maximum absolute atomic E-state index is 12.3. The van der Waals surface area contributed by atoms with E-state index >= 15 is 0 Å². The van der Waals surface area contributed by atoms with Crippen molar-refractivity contribution in [2.45, 2.75) is 38.6 Å². The van der Waals surface area contributed by atoms with Crippen LogP contribution in [0, 0.1) is 0 Å². The molecule has 0 aromatic rings. The highest BCUT2D eigenvalue weighted by Gasteiger charge is 2.36. The molecule has 0 N–H and O–H groups in total. The topological polar surface area (TPSA) is 60.9 Å². The summed E-state index contributed by atoms with van der Waals surface area (Å²) in [5.74, 6) is -0.394. The first-order chi connectivity index (χ1) is 9.04. The molecule has 2 aliphatic heterocycles. The molecule has 19 heavy (non-hydrogen) atoms. The predicted octanol–water partition coefficient (Wildman–Crippen LogP) is 0.671. The minimum atomic E-state index is -0.372. The third-order valence-electron chi connectivity index (χ3n) is 3.94. The molecule has 2 fully saturated rings. The third-order valence-corrected chi connectivity index (χ3v) is 3.94. The van der Waals surface area contributed by atoms with Crippen LogP contribution in [-0.2, 0) is 9.59 Å². The van der Waals surface area contributed by atoms with Crippen molar-refractivity contribution in [2.75, 3.05) is 26.7 Å². The van der Waals surface area contributed by atoms with Crippen LogP contribution in [0.15, 0.2) is 0 Å². The van der Waals surface area contributed by atoms with Crippen LogP contribution >= 0.6 is 0 Å². The number of urea groups is 1. The smallest absolute Gasteiger partial charge is 0.327 e. The molecule has 106 valence electrons. The molecule has 0 aliphatic carbocycles. The number of hydrogen-bond donors (Lipinski definition) is 0. The van der Waals surface area contributed by atoms with E-state index in [-0.39, 0.29) is 37.0 Å². The van der Waals surface area contributed by atoms with Gasteiger partial charge in [0, 0.05) is 19.6 Å². The van der Waals surface area contributed by atoms with Crippen LogP contribution < -0.4 is 0 Å². The molecule has 6 heteroatoms. The Morgan fingerprint density at radius 1 is 1.32 bits per heavy atom. The number of rotatable bonds is 3. The molecule has 2 rings (SSSR count). The highest BCUT2D eigenvalue weighted by atomic mass is 16.2. The number of nitrogens with zero attached hydrogens (tertiary/aromatic N) is 3. The van der Waals surface area contributed by atoms with Gasteiger partial charge >= 0.3 is 6.03 Å². The molecule has 0 spiro atoms. The average molecular weight is 267 g/mol. The molecular weight excluding hydrogens is 246 g/mol. The molecule has 2 heterocycles. The van der Waals surface area contributed by atoms with Crippen molar-refractivity contribution < 1.29 is 14.4 Å². The number of amides is 4. The monoisotopic (exact) mass is 267 g/mol. The lowest BCUT2D eigenvalue weighted by Crippen LogP contribution is -2.49. The van der Waals surface area contributed by atoms with Crippen molar-refractivity contribution in [1.29, 1.82) is 0 Å². The van der Waals surface area contributed by atoms with Crippen molar-refractivity contribution >= 4 is 17.8 Å². The van der Waals surface area contributed by atoms with Gasteiger partial charge in [-0.05, 0) is 25.7 Å². The minimum Gasteiger partial charge on any atom is -0.338 e. The summed E-state index contributed by atoms with van der Waals surface area (Å²) in [5.41, 5.74) is 0. The van der Waals surface area contributed by atoms with Gasteiger partial charge in [0.25, 0.3) is 5.91 Å². The lowest BCUT2D eigenvalue weighted by atomic mass is 10.00. The molecule has 0 radical (unpaired) electrons.